The van der Waals surface area contributed by atoms with Crippen molar-refractivity contribution in [2.45, 2.75) is 59.2 Å². The Balaban J connectivity index is 1.14. The molecule has 0 unspecified atom stereocenters. The molecule has 0 N–H and O–H groups in total. The Labute approximate surface area is 235 Å². The third-order valence-corrected chi connectivity index (χ3v) is 8.58. The van der Waals surface area contributed by atoms with E-state index >= 15 is 0 Å². The molecule has 4 rings (SSSR count). The Morgan fingerprint density at radius 2 is 0.949 bits per heavy atom. The van der Waals surface area contributed by atoms with Crippen LogP contribution in [0, 0.1) is 10.8 Å². The largest absolute Gasteiger partial charge is 0.380 e. The van der Waals surface area contributed by atoms with E-state index in [9.17, 15) is 0 Å². The fraction of sp³-hybridized carbons (Fsp3) is 0.636. The standard InChI is InChI=1S/C33H48O6/c1-5-32(23-38-24-32)21-36-17-15-34-19-27-7-11-29(12-8-27)31(3,4)30-13-9-28(10-14-30)20-35-16-18-37-22-33(6-2)25-39-26-33/h7-14H,5-6,15-26H2,1-4H3. The molecule has 39 heavy (non-hydrogen) atoms. The van der Waals surface area contributed by atoms with Gasteiger partial charge < -0.3 is 28.4 Å². The Kier molecular flexibility index (Phi) is 11.0. The molecule has 0 amide bonds. The lowest BCUT2D eigenvalue weighted by Crippen LogP contribution is -2.45. The molecule has 2 aromatic rings. The minimum Gasteiger partial charge on any atom is -0.380 e. The fourth-order valence-corrected chi connectivity index (χ4v) is 4.96. The number of rotatable bonds is 18. The summed E-state index contributed by atoms with van der Waals surface area (Å²) in [6, 6.07) is 17.5. The number of hydrogen-bond acceptors (Lipinski definition) is 6. The van der Waals surface area contributed by atoms with Crippen LogP contribution in [0.25, 0.3) is 0 Å². The van der Waals surface area contributed by atoms with Crippen molar-refractivity contribution < 1.29 is 28.4 Å². The van der Waals surface area contributed by atoms with Gasteiger partial charge in [-0.2, -0.15) is 0 Å². The van der Waals surface area contributed by atoms with Crippen molar-refractivity contribution in [1.82, 2.24) is 0 Å². The van der Waals surface area contributed by atoms with E-state index in [1.807, 2.05) is 0 Å². The molecule has 6 nitrogen and oxygen atoms in total. The summed E-state index contributed by atoms with van der Waals surface area (Å²) in [7, 11) is 0. The van der Waals surface area contributed by atoms with Crippen LogP contribution in [0.4, 0.5) is 0 Å². The van der Waals surface area contributed by atoms with Gasteiger partial charge in [-0.25, -0.2) is 0 Å². The Bertz CT molecular complexity index is 886. The highest BCUT2D eigenvalue weighted by atomic mass is 16.5. The van der Waals surface area contributed by atoms with Gasteiger partial charge in [0.25, 0.3) is 0 Å². The highest BCUT2D eigenvalue weighted by molar-refractivity contribution is 5.39. The maximum atomic E-state index is 5.84. The van der Waals surface area contributed by atoms with Gasteiger partial charge in [0.05, 0.1) is 79.3 Å². The predicted molar refractivity (Wildman–Crippen MR) is 153 cm³/mol. The number of benzene rings is 2. The van der Waals surface area contributed by atoms with Gasteiger partial charge in [-0.3, -0.25) is 0 Å². The van der Waals surface area contributed by atoms with Crippen molar-refractivity contribution in [3.8, 4) is 0 Å². The summed E-state index contributed by atoms with van der Waals surface area (Å²) in [5.41, 5.74) is 5.28. The second-order valence-electron chi connectivity index (χ2n) is 11.9. The van der Waals surface area contributed by atoms with E-state index in [-0.39, 0.29) is 16.2 Å². The molecule has 216 valence electrons. The molecule has 2 heterocycles. The molecule has 0 saturated carbocycles. The van der Waals surface area contributed by atoms with Crippen molar-refractivity contribution in [1.29, 1.82) is 0 Å². The average Bonchev–Trinajstić information content (AvgIpc) is 2.91. The topological polar surface area (TPSA) is 55.4 Å². The molecule has 0 atom stereocenters. The third kappa shape index (κ3) is 8.12. The van der Waals surface area contributed by atoms with Crippen molar-refractivity contribution in [2.75, 3.05) is 66.1 Å². The van der Waals surface area contributed by atoms with Crippen LogP contribution in [-0.2, 0) is 47.0 Å². The van der Waals surface area contributed by atoms with Crippen LogP contribution >= 0.6 is 0 Å². The van der Waals surface area contributed by atoms with Gasteiger partial charge in [0.1, 0.15) is 0 Å². The van der Waals surface area contributed by atoms with Crippen molar-refractivity contribution in [3.63, 3.8) is 0 Å². The quantitative estimate of drug-likeness (QED) is 0.218. The van der Waals surface area contributed by atoms with Gasteiger partial charge >= 0.3 is 0 Å². The molecular formula is C33H48O6. The Morgan fingerprint density at radius 3 is 1.26 bits per heavy atom. The van der Waals surface area contributed by atoms with E-state index in [1.165, 1.54) is 22.3 Å². The van der Waals surface area contributed by atoms with E-state index in [0.717, 1.165) is 52.5 Å². The summed E-state index contributed by atoms with van der Waals surface area (Å²) < 4.78 is 34.0. The van der Waals surface area contributed by atoms with E-state index in [0.29, 0.717) is 39.6 Å². The summed E-state index contributed by atoms with van der Waals surface area (Å²) >= 11 is 0. The van der Waals surface area contributed by atoms with Crippen LogP contribution < -0.4 is 0 Å². The molecule has 6 heteroatoms. The molecule has 2 fully saturated rings. The molecule has 2 aliphatic rings. The Hall–Kier alpha value is -1.80. The zero-order valence-corrected chi connectivity index (χ0v) is 24.5. The van der Waals surface area contributed by atoms with Crippen LogP contribution in [-0.4, -0.2) is 66.1 Å². The lowest BCUT2D eigenvalue weighted by atomic mass is 9.78. The minimum absolute atomic E-state index is 0.0958. The first-order valence-corrected chi connectivity index (χ1v) is 14.6. The van der Waals surface area contributed by atoms with Crippen LogP contribution in [0.15, 0.2) is 48.5 Å². The maximum absolute atomic E-state index is 5.84. The van der Waals surface area contributed by atoms with Crippen LogP contribution in [0.3, 0.4) is 0 Å². The van der Waals surface area contributed by atoms with Gasteiger partial charge in [0.15, 0.2) is 0 Å². The minimum atomic E-state index is -0.0958. The average molecular weight is 541 g/mol. The van der Waals surface area contributed by atoms with Crippen molar-refractivity contribution in [2.24, 2.45) is 10.8 Å². The third-order valence-electron chi connectivity index (χ3n) is 8.58. The summed E-state index contributed by atoms with van der Waals surface area (Å²) in [6.45, 7) is 17.4. The van der Waals surface area contributed by atoms with Gasteiger partial charge in [-0.05, 0) is 35.1 Å². The maximum Gasteiger partial charge on any atom is 0.0718 e. The van der Waals surface area contributed by atoms with Crippen LogP contribution in [0.1, 0.15) is 62.8 Å². The van der Waals surface area contributed by atoms with Gasteiger partial charge in [0, 0.05) is 16.2 Å². The lowest BCUT2D eigenvalue weighted by Gasteiger charge is -2.40. The smallest absolute Gasteiger partial charge is 0.0718 e. The van der Waals surface area contributed by atoms with E-state index in [1.54, 1.807) is 0 Å². The van der Waals surface area contributed by atoms with Gasteiger partial charge in [0.2, 0.25) is 0 Å². The monoisotopic (exact) mass is 540 g/mol. The molecule has 2 aliphatic heterocycles. The fourth-order valence-electron chi connectivity index (χ4n) is 4.96. The molecular weight excluding hydrogens is 492 g/mol. The molecule has 2 aromatic carbocycles. The predicted octanol–water partition coefficient (Wildman–Crippen LogP) is 5.93. The van der Waals surface area contributed by atoms with Crippen molar-refractivity contribution in [3.05, 3.63) is 70.8 Å². The summed E-state index contributed by atoms with van der Waals surface area (Å²) in [5.74, 6) is 0. The highest BCUT2D eigenvalue weighted by Gasteiger charge is 2.37. The molecule has 0 aromatic heterocycles. The summed E-state index contributed by atoms with van der Waals surface area (Å²) in [5, 5.41) is 0. The highest BCUT2D eigenvalue weighted by Crippen LogP contribution is 2.33. The number of hydrogen-bond donors (Lipinski definition) is 0. The van der Waals surface area contributed by atoms with E-state index in [2.05, 4.69) is 76.2 Å². The SMILES string of the molecule is CCC1(COCCOCc2ccc(C(C)(C)c3ccc(COCCOCC4(CC)COC4)cc3)cc2)COC1. The zero-order valence-electron chi connectivity index (χ0n) is 24.5. The zero-order chi connectivity index (χ0) is 27.6. The normalized spacial score (nSPS) is 17.9. The van der Waals surface area contributed by atoms with E-state index < -0.39 is 0 Å². The molecule has 0 spiro atoms. The number of ether oxygens (including phenoxy) is 6. The van der Waals surface area contributed by atoms with Gasteiger partial charge in [-0.1, -0.05) is 76.2 Å². The van der Waals surface area contributed by atoms with Crippen LogP contribution in [0.5, 0.6) is 0 Å². The molecule has 2 saturated heterocycles. The molecule has 0 bridgehead atoms. The van der Waals surface area contributed by atoms with Gasteiger partial charge in [-0.15, -0.1) is 0 Å². The first-order chi connectivity index (χ1) is 18.9. The molecule has 0 aliphatic carbocycles. The van der Waals surface area contributed by atoms with E-state index in [4.69, 9.17) is 28.4 Å². The second kappa shape index (κ2) is 14.2. The van der Waals surface area contributed by atoms with Crippen LogP contribution in [0.2, 0.25) is 0 Å². The Morgan fingerprint density at radius 1 is 0.590 bits per heavy atom. The first-order valence-electron chi connectivity index (χ1n) is 14.6. The molecule has 0 radical (unpaired) electrons. The summed E-state index contributed by atoms with van der Waals surface area (Å²) in [6.07, 6.45) is 2.20. The second-order valence-corrected chi connectivity index (χ2v) is 11.9. The van der Waals surface area contributed by atoms with Crippen molar-refractivity contribution >= 4 is 0 Å². The summed E-state index contributed by atoms with van der Waals surface area (Å²) in [4.78, 5) is 0. The lowest BCUT2D eigenvalue weighted by molar-refractivity contribution is -0.153. The first kappa shape index (κ1) is 30.2.